The second-order valence-electron chi connectivity index (χ2n) is 11.9. The monoisotopic (exact) mass is 608 g/mol. The fourth-order valence-electron chi connectivity index (χ4n) is 5.17. The summed E-state index contributed by atoms with van der Waals surface area (Å²) in [7, 11) is 1.37. The number of hydrogen-bond donors (Lipinski definition) is 0. The van der Waals surface area contributed by atoms with Gasteiger partial charge in [-0.2, -0.15) is 0 Å². The van der Waals surface area contributed by atoms with Gasteiger partial charge in [-0.25, -0.2) is 0 Å². The number of esters is 2. The number of rotatable bonds is 18. The lowest BCUT2D eigenvalue weighted by atomic mass is 9.83. The Balaban J connectivity index is 1.50. The third-order valence-corrected chi connectivity index (χ3v) is 7.20. The van der Waals surface area contributed by atoms with E-state index in [1.54, 1.807) is 6.08 Å². The maximum atomic E-state index is 12.6. The van der Waals surface area contributed by atoms with Crippen molar-refractivity contribution >= 4 is 17.7 Å². The van der Waals surface area contributed by atoms with Gasteiger partial charge in [0.05, 0.1) is 26.9 Å². The molecule has 0 saturated carbocycles. The number of unbranched alkanes of at least 4 members (excludes halogenated alkanes) is 2. The molecule has 1 aromatic rings. The van der Waals surface area contributed by atoms with Crippen LogP contribution in [0.1, 0.15) is 90.5 Å². The number of ketones is 1. The predicted octanol–water partition coefficient (Wildman–Crippen LogP) is 7.31. The molecule has 44 heavy (non-hydrogen) atoms. The summed E-state index contributed by atoms with van der Waals surface area (Å²) < 4.78 is 28.6. The average molecular weight is 609 g/mol. The summed E-state index contributed by atoms with van der Waals surface area (Å²) in [4.78, 5) is 36.5. The van der Waals surface area contributed by atoms with Gasteiger partial charge < -0.3 is 23.7 Å². The number of carbonyl (C=O) groups is 3. The number of ether oxygens (including phenoxy) is 5. The predicted molar refractivity (Wildman–Crippen MR) is 170 cm³/mol. The van der Waals surface area contributed by atoms with Crippen molar-refractivity contribution in [2.75, 3.05) is 26.9 Å². The van der Waals surface area contributed by atoms with Crippen LogP contribution in [0.5, 0.6) is 11.5 Å². The highest BCUT2D eigenvalue weighted by molar-refractivity contribution is 6.10. The molecule has 0 aromatic heterocycles. The van der Waals surface area contributed by atoms with Gasteiger partial charge in [-0.3, -0.25) is 14.4 Å². The van der Waals surface area contributed by atoms with E-state index in [1.165, 1.54) is 7.11 Å². The molecule has 2 aliphatic carbocycles. The highest BCUT2D eigenvalue weighted by atomic mass is 16.6. The number of fused-ring (bicyclic) bond motifs is 1. The minimum absolute atomic E-state index is 0.0715. The van der Waals surface area contributed by atoms with Gasteiger partial charge in [-0.15, -0.1) is 6.58 Å². The highest BCUT2D eigenvalue weighted by Crippen LogP contribution is 2.36. The third kappa shape index (κ3) is 11.0. The van der Waals surface area contributed by atoms with E-state index in [0.717, 1.165) is 66.6 Å². The van der Waals surface area contributed by atoms with E-state index in [-0.39, 0.29) is 30.6 Å². The number of hydrogen-bond acceptors (Lipinski definition) is 8. The lowest BCUT2D eigenvalue weighted by Crippen LogP contribution is -2.24. The van der Waals surface area contributed by atoms with E-state index in [4.69, 9.17) is 23.7 Å². The summed E-state index contributed by atoms with van der Waals surface area (Å²) >= 11 is 0. The summed E-state index contributed by atoms with van der Waals surface area (Å²) in [6, 6.07) is 5.59. The Labute approximate surface area is 262 Å². The largest absolute Gasteiger partial charge is 0.493 e. The van der Waals surface area contributed by atoms with Gasteiger partial charge in [0.15, 0.2) is 5.78 Å². The molecule has 0 atom stereocenters. The number of allylic oxidation sites excluding steroid dienone is 6. The van der Waals surface area contributed by atoms with E-state index in [1.807, 2.05) is 51.1 Å². The summed E-state index contributed by atoms with van der Waals surface area (Å²) in [6.45, 7) is 10.8. The Bertz CT molecular complexity index is 1260. The molecule has 0 fully saturated rings. The van der Waals surface area contributed by atoms with Crippen LogP contribution in [-0.4, -0.2) is 50.3 Å². The Morgan fingerprint density at radius 3 is 2.27 bits per heavy atom. The minimum atomic E-state index is -0.518. The van der Waals surface area contributed by atoms with Crippen molar-refractivity contribution in [3.63, 3.8) is 0 Å². The van der Waals surface area contributed by atoms with Crippen molar-refractivity contribution < 1.29 is 38.1 Å². The van der Waals surface area contributed by atoms with Crippen molar-refractivity contribution in [1.29, 1.82) is 0 Å². The Hall–Kier alpha value is -3.81. The van der Waals surface area contributed by atoms with Gasteiger partial charge >= 0.3 is 11.9 Å². The Kier molecular flexibility index (Phi) is 13.8. The fraction of sp³-hybridized carbons (Fsp3) is 0.528. The molecule has 0 spiro atoms. The first-order chi connectivity index (χ1) is 21.1. The zero-order valence-electron chi connectivity index (χ0n) is 26.8. The van der Waals surface area contributed by atoms with Gasteiger partial charge in [0.1, 0.15) is 22.9 Å². The van der Waals surface area contributed by atoms with Crippen molar-refractivity contribution in [3.05, 3.63) is 71.0 Å². The molecule has 0 amide bonds. The van der Waals surface area contributed by atoms with Gasteiger partial charge in [-0.05, 0) is 96.8 Å². The molecule has 2 aliphatic rings. The highest BCUT2D eigenvalue weighted by Gasteiger charge is 2.27. The molecule has 0 aliphatic heterocycles. The second-order valence-corrected chi connectivity index (χ2v) is 11.9. The van der Waals surface area contributed by atoms with Crippen LogP contribution < -0.4 is 9.47 Å². The molecule has 0 radical (unpaired) electrons. The van der Waals surface area contributed by atoms with Crippen LogP contribution in [0.3, 0.4) is 0 Å². The van der Waals surface area contributed by atoms with Gasteiger partial charge in [0, 0.05) is 35.1 Å². The van der Waals surface area contributed by atoms with Crippen LogP contribution in [0, 0.1) is 0 Å². The summed E-state index contributed by atoms with van der Waals surface area (Å²) in [5.41, 5.74) is 3.03. The molecule has 0 N–H and O–H groups in total. The molecule has 8 nitrogen and oxygen atoms in total. The van der Waals surface area contributed by atoms with E-state index in [0.29, 0.717) is 50.6 Å². The van der Waals surface area contributed by atoms with Gasteiger partial charge in [-0.1, -0.05) is 18.2 Å². The van der Waals surface area contributed by atoms with Gasteiger partial charge in [0.25, 0.3) is 0 Å². The summed E-state index contributed by atoms with van der Waals surface area (Å²) in [5, 5.41) is 0. The fourth-order valence-corrected chi connectivity index (χ4v) is 5.17. The number of methoxy groups -OCH3 is 1. The SMILES string of the molecule is C=CCC1=CC(=O)C2=CCCCC2=C1OCCCCCOc1cccc(OCCCC(=O)OC(C)(C)C)c1CCC(=O)OC. The second kappa shape index (κ2) is 17.5. The summed E-state index contributed by atoms with van der Waals surface area (Å²) in [6.07, 6.45) is 12.9. The van der Waals surface area contributed by atoms with Crippen LogP contribution >= 0.6 is 0 Å². The van der Waals surface area contributed by atoms with E-state index in [9.17, 15) is 14.4 Å². The van der Waals surface area contributed by atoms with Crippen LogP contribution in [0.4, 0.5) is 0 Å². The molecule has 0 bridgehead atoms. The van der Waals surface area contributed by atoms with Crippen LogP contribution in [-0.2, 0) is 35.0 Å². The van der Waals surface area contributed by atoms with E-state index >= 15 is 0 Å². The molecular formula is C36H48O8. The lowest BCUT2D eigenvalue weighted by molar-refractivity contribution is -0.155. The lowest BCUT2D eigenvalue weighted by Gasteiger charge is -2.25. The molecule has 3 rings (SSSR count). The zero-order valence-corrected chi connectivity index (χ0v) is 26.8. The van der Waals surface area contributed by atoms with Crippen molar-refractivity contribution in [3.8, 4) is 11.5 Å². The average Bonchev–Trinajstić information content (AvgIpc) is 2.98. The van der Waals surface area contributed by atoms with Crippen LogP contribution in [0.2, 0.25) is 0 Å². The third-order valence-electron chi connectivity index (χ3n) is 7.20. The van der Waals surface area contributed by atoms with Crippen molar-refractivity contribution in [1.82, 2.24) is 0 Å². The maximum absolute atomic E-state index is 12.6. The maximum Gasteiger partial charge on any atom is 0.306 e. The quantitative estimate of drug-likeness (QED) is 0.0972. The van der Waals surface area contributed by atoms with Crippen LogP contribution in [0.25, 0.3) is 0 Å². The molecule has 8 heteroatoms. The molecule has 240 valence electrons. The smallest absolute Gasteiger partial charge is 0.306 e. The van der Waals surface area contributed by atoms with Crippen molar-refractivity contribution in [2.45, 2.75) is 97.0 Å². The molecule has 1 aromatic carbocycles. The number of carbonyl (C=O) groups excluding carboxylic acids is 3. The Morgan fingerprint density at radius 2 is 1.61 bits per heavy atom. The molecule has 0 unspecified atom stereocenters. The number of benzene rings is 1. The van der Waals surface area contributed by atoms with Crippen LogP contribution in [0.15, 0.2) is 65.5 Å². The first kappa shape index (κ1) is 34.7. The Morgan fingerprint density at radius 1 is 0.932 bits per heavy atom. The first-order valence-corrected chi connectivity index (χ1v) is 15.7. The normalized spacial score (nSPS) is 14.7. The van der Waals surface area contributed by atoms with Crippen molar-refractivity contribution in [2.24, 2.45) is 0 Å². The zero-order chi connectivity index (χ0) is 32.0. The van der Waals surface area contributed by atoms with E-state index in [2.05, 4.69) is 6.58 Å². The minimum Gasteiger partial charge on any atom is -0.493 e. The van der Waals surface area contributed by atoms with E-state index < -0.39 is 5.60 Å². The first-order valence-electron chi connectivity index (χ1n) is 15.7. The van der Waals surface area contributed by atoms with Gasteiger partial charge in [0.2, 0.25) is 0 Å². The summed E-state index contributed by atoms with van der Waals surface area (Å²) in [5.74, 6) is 1.65. The molecular weight excluding hydrogens is 560 g/mol. The molecule has 0 heterocycles. The molecule has 0 saturated heterocycles. The standard InChI is InChI=1S/C36H48O8/c1-6-14-26-25-30(37)27-15-8-9-16-28(27)35(26)43-23-11-7-10-22-41-31-17-12-18-32(29(31)20-21-33(38)40-5)42-24-13-19-34(39)44-36(2,3)4/h6,12,15,17-18,25H,1,7-11,13-14,16,19-24H2,2-5H3. The topological polar surface area (TPSA) is 97.4 Å².